The number of carbonyl (C=O) groups is 1. The third-order valence-corrected chi connectivity index (χ3v) is 2.75. The summed E-state index contributed by atoms with van der Waals surface area (Å²) in [6, 6.07) is 5.51. The molecule has 1 rings (SSSR count). The molecule has 0 fully saturated rings. The van der Waals surface area contributed by atoms with E-state index in [9.17, 15) is 9.90 Å². The van der Waals surface area contributed by atoms with Crippen LogP contribution in [-0.2, 0) is 4.79 Å². The molecule has 1 aromatic carbocycles. The number of carboxylic acid groups (broad SMARTS) is 1. The molecule has 0 aliphatic heterocycles. The number of ether oxygens (including phenoxy) is 1. The van der Waals surface area contributed by atoms with Crippen LogP contribution < -0.4 is 9.84 Å². The Bertz CT molecular complexity index is 325. The lowest BCUT2D eigenvalue weighted by molar-refractivity contribution is -0.307. The van der Waals surface area contributed by atoms with Gasteiger partial charge in [0.1, 0.15) is 12.4 Å². The van der Waals surface area contributed by atoms with E-state index >= 15 is 0 Å². The van der Waals surface area contributed by atoms with Gasteiger partial charge in [0, 0.05) is 3.57 Å². The molecule has 0 spiro atoms. The van der Waals surface area contributed by atoms with Gasteiger partial charge in [0.05, 0.1) is 9.54 Å². The highest BCUT2D eigenvalue weighted by atomic mass is 127. The van der Waals surface area contributed by atoms with Gasteiger partial charge in [-0.3, -0.25) is 0 Å². The summed E-state index contributed by atoms with van der Waals surface area (Å²) in [5.74, 6) is -0.639. The molecular weight excluding hydrogens is 398 g/mol. The fourth-order valence-corrected chi connectivity index (χ4v) is 2.49. The van der Waals surface area contributed by atoms with Crippen LogP contribution in [0.1, 0.15) is 0 Å². The fourth-order valence-electron chi connectivity index (χ4n) is 0.729. The van der Waals surface area contributed by atoms with Gasteiger partial charge < -0.3 is 14.6 Å². The normalized spacial score (nSPS) is 9.69. The second kappa shape index (κ2) is 4.99. The molecular formula is C8H5I2O3-. The number of aliphatic carboxylic acids is 1. The molecule has 1 aromatic rings. The zero-order valence-corrected chi connectivity index (χ0v) is 10.7. The number of benzene rings is 1. The molecule has 0 saturated heterocycles. The minimum Gasteiger partial charge on any atom is -0.546 e. The largest absolute Gasteiger partial charge is 0.546 e. The van der Waals surface area contributed by atoms with Crippen molar-refractivity contribution < 1.29 is 14.6 Å². The summed E-state index contributed by atoms with van der Waals surface area (Å²) < 4.78 is 6.96. The van der Waals surface area contributed by atoms with Crippen molar-refractivity contribution in [3.63, 3.8) is 0 Å². The van der Waals surface area contributed by atoms with E-state index in [4.69, 9.17) is 4.74 Å². The summed E-state index contributed by atoms with van der Waals surface area (Å²) >= 11 is 4.26. The Kier molecular flexibility index (Phi) is 4.23. The van der Waals surface area contributed by atoms with Gasteiger partial charge in [-0.25, -0.2) is 0 Å². The maximum Gasteiger partial charge on any atom is 0.133 e. The number of carboxylic acids is 1. The molecule has 0 amide bonds. The molecule has 0 atom stereocenters. The standard InChI is InChI=1S/C8H6I2O3/c9-5-1-2-7(6(10)3-5)13-4-8(11)12/h1-3H,4H2,(H,11,12)/p-1. The molecule has 0 radical (unpaired) electrons. The summed E-state index contributed by atoms with van der Waals surface area (Å²) in [7, 11) is 0. The fraction of sp³-hybridized carbons (Fsp3) is 0.125. The van der Waals surface area contributed by atoms with Crippen LogP contribution in [0.3, 0.4) is 0 Å². The topological polar surface area (TPSA) is 49.4 Å². The lowest BCUT2D eigenvalue weighted by atomic mass is 10.3. The summed E-state index contributed by atoms with van der Waals surface area (Å²) in [5, 5.41) is 10.1. The van der Waals surface area contributed by atoms with Crippen LogP contribution in [0.5, 0.6) is 5.75 Å². The van der Waals surface area contributed by atoms with Crippen molar-refractivity contribution in [1.29, 1.82) is 0 Å². The maximum atomic E-state index is 10.1. The molecule has 70 valence electrons. The second-order valence-electron chi connectivity index (χ2n) is 2.24. The summed E-state index contributed by atoms with van der Waals surface area (Å²) in [4.78, 5) is 10.1. The van der Waals surface area contributed by atoms with Gasteiger partial charge in [-0.2, -0.15) is 0 Å². The van der Waals surface area contributed by atoms with Crippen LogP contribution in [0, 0.1) is 7.14 Å². The zero-order valence-electron chi connectivity index (χ0n) is 6.42. The Morgan fingerprint density at radius 3 is 2.69 bits per heavy atom. The van der Waals surface area contributed by atoms with Crippen molar-refractivity contribution in [3.05, 3.63) is 25.3 Å². The molecule has 0 N–H and O–H groups in total. The van der Waals surface area contributed by atoms with E-state index in [-0.39, 0.29) is 0 Å². The van der Waals surface area contributed by atoms with Gasteiger partial charge in [0.2, 0.25) is 0 Å². The molecule has 0 aliphatic carbocycles. The average molecular weight is 403 g/mol. The second-order valence-corrected chi connectivity index (χ2v) is 4.64. The molecule has 5 heteroatoms. The molecule has 0 heterocycles. The predicted molar refractivity (Wildman–Crippen MR) is 62.4 cm³/mol. The van der Waals surface area contributed by atoms with E-state index in [0.29, 0.717) is 5.75 Å². The molecule has 0 aromatic heterocycles. The summed E-state index contributed by atoms with van der Waals surface area (Å²) in [6.45, 7) is -0.406. The lowest BCUT2D eigenvalue weighted by Crippen LogP contribution is -2.29. The monoisotopic (exact) mass is 403 g/mol. The number of hydrogen-bond donors (Lipinski definition) is 0. The van der Waals surface area contributed by atoms with Gasteiger partial charge in [-0.1, -0.05) is 0 Å². The van der Waals surface area contributed by atoms with Crippen LogP contribution in [-0.4, -0.2) is 12.6 Å². The van der Waals surface area contributed by atoms with Crippen molar-refractivity contribution in [2.45, 2.75) is 0 Å². The molecule has 0 aliphatic rings. The van der Waals surface area contributed by atoms with Gasteiger partial charge in [0.25, 0.3) is 0 Å². The van der Waals surface area contributed by atoms with E-state index in [0.717, 1.165) is 7.14 Å². The van der Waals surface area contributed by atoms with Gasteiger partial charge >= 0.3 is 0 Å². The first-order valence-corrected chi connectivity index (χ1v) is 5.53. The minimum atomic E-state index is -1.21. The first-order chi connectivity index (χ1) is 6.09. The zero-order chi connectivity index (χ0) is 9.84. The third kappa shape index (κ3) is 3.67. The van der Waals surface area contributed by atoms with Crippen LogP contribution in [0.4, 0.5) is 0 Å². The van der Waals surface area contributed by atoms with E-state index < -0.39 is 12.6 Å². The average Bonchev–Trinajstić information content (AvgIpc) is 2.02. The highest BCUT2D eigenvalue weighted by Crippen LogP contribution is 2.22. The Balaban J connectivity index is 2.72. The summed E-state index contributed by atoms with van der Waals surface area (Å²) in [5.41, 5.74) is 0. The Morgan fingerprint density at radius 2 is 2.15 bits per heavy atom. The van der Waals surface area contributed by atoms with Crippen molar-refractivity contribution in [1.82, 2.24) is 0 Å². The number of halogens is 2. The van der Waals surface area contributed by atoms with E-state index in [1.165, 1.54) is 0 Å². The van der Waals surface area contributed by atoms with E-state index in [1.54, 1.807) is 6.07 Å². The first-order valence-electron chi connectivity index (χ1n) is 3.37. The minimum absolute atomic E-state index is 0.406. The molecule has 0 saturated carbocycles. The molecule has 3 nitrogen and oxygen atoms in total. The molecule has 13 heavy (non-hydrogen) atoms. The maximum absolute atomic E-state index is 10.1. The summed E-state index contributed by atoms with van der Waals surface area (Å²) in [6.07, 6.45) is 0. The SMILES string of the molecule is O=C([O-])COc1ccc(I)cc1I. The van der Waals surface area contributed by atoms with Gasteiger partial charge in [-0.15, -0.1) is 0 Å². The number of hydrogen-bond acceptors (Lipinski definition) is 3. The Labute approximate surface area is 103 Å². The van der Waals surface area contributed by atoms with E-state index in [1.807, 2.05) is 12.1 Å². The van der Waals surface area contributed by atoms with Crippen molar-refractivity contribution in [3.8, 4) is 5.75 Å². The lowest BCUT2D eigenvalue weighted by Gasteiger charge is -2.08. The van der Waals surface area contributed by atoms with Crippen LogP contribution >= 0.6 is 45.2 Å². The Morgan fingerprint density at radius 1 is 1.46 bits per heavy atom. The van der Waals surface area contributed by atoms with Gasteiger partial charge in [0.15, 0.2) is 0 Å². The van der Waals surface area contributed by atoms with E-state index in [2.05, 4.69) is 45.2 Å². The Hall–Kier alpha value is -0.0500. The smallest absolute Gasteiger partial charge is 0.133 e. The van der Waals surface area contributed by atoms with Crippen LogP contribution in [0.15, 0.2) is 18.2 Å². The third-order valence-electron chi connectivity index (χ3n) is 1.24. The van der Waals surface area contributed by atoms with Crippen molar-refractivity contribution in [2.24, 2.45) is 0 Å². The molecule has 0 bridgehead atoms. The number of rotatable bonds is 3. The predicted octanol–water partition coefficient (Wildman–Crippen LogP) is 1.02. The highest BCUT2D eigenvalue weighted by Gasteiger charge is 2.00. The highest BCUT2D eigenvalue weighted by molar-refractivity contribution is 14.1. The van der Waals surface area contributed by atoms with Crippen molar-refractivity contribution >= 4 is 51.2 Å². The van der Waals surface area contributed by atoms with Crippen LogP contribution in [0.25, 0.3) is 0 Å². The van der Waals surface area contributed by atoms with Crippen LogP contribution in [0.2, 0.25) is 0 Å². The quantitative estimate of drug-likeness (QED) is 0.709. The van der Waals surface area contributed by atoms with Crippen molar-refractivity contribution in [2.75, 3.05) is 6.61 Å². The van der Waals surface area contributed by atoms with Gasteiger partial charge in [-0.05, 0) is 63.4 Å². The number of carbonyl (C=O) groups excluding carboxylic acids is 1. The first kappa shape index (κ1) is 11.0. The molecule has 0 unspecified atom stereocenters.